The van der Waals surface area contributed by atoms with Crippen molar-refractivity contribution in [2.45, 2.75) is 6.42 Å². The van der Waals surface area contributed by atoms with Crippen molar-refractivity contribution in [1.29, 1.82) is 0 Å². The summed E-state index contributed by atoms with van der Waals surface area (Å²) >= 11 is 3.20. The Morgan fingerprint density at radius 1 is 1.29 bits per heavy atom. The Morgan fingerprint density at radius 2 is 1.93 bits per heavy atom. The second-order valence-electron chi connectivity index (χ2n) is 2.44. The largest absolute Gasteiger partial charge is 0.481 e. The molecule has 0 aliphatic carbocycles. The highest BCUT2D eigenvalue weighted by Gasteiger charge is 1.98. The van der Waals surface area contributed by atoms with Crippen molar-refractivity contribution in [3.05, 3.63) is 12.3 Å². The Bertz CT molecular complexity index is 184. The van der Waals surface area contributed by atoms with Gasteiger partial charge in [0.05, 0.1) is 12.2 Å². The molecule has 0 bridgehead atoms. The summed E-state index contributed by atoms with van der Waals surface area (Å²) in [4.78, 5) is 14.1. The van der Waals surface area contributed by atoms with E-state index in [1.54, 1.807) is 23.5 Å². The minimum Gasteiger partial charge on any atom is -0.481 e. The van der Waals surface area contributed by atoms with Gasteiger partial charge in [-0.1, -0.05) is 6.58 Å². The van der Waals surface area contributed by atoms with Gasteiger partial charge >= 0.3 is 5.97 Å². The highest BCUT2D eigenvalue weighted by atomic mass is 32.2. The van der Waals surface area contributed by atoms with Crippen LogP contribution in [0.2, 0.25) is 0 Å². The van der Waals surface area contributed by atoms with E-state index in [4.69, 9.17) is 10.4 Å². The molecular formula is C8H14O4S2. The smallest absolute Gasteiger partial charge is 0.304 e. The molecule has 0 aromatic heterocycles. The van der Waals surface area contributed by atoms with Crippen molar-refractivity contribution < 1.29 is 20.0 Å². The molecule has 4 nitrogen and oxygen atoms in total. The van der Waals surface area contributed by atoms with Gasteiger partial charge in [0.1, 0.15) is 5.76 Å². The Hall–Kier alpha value is -0.330. The Morgan fingerprint density at radius 3 is 2.50 bits per heavy atom. The highest BCUT2D eigenvalue weighted by Crippen LogP contribution is 2.10. The molecule has 0 spiro atoms. The predicted octanol–water partition coefficient (Wildman–Crippen LogP) is 1.93. The minimum absolute atomic E-state index is 0.210. The molecule has 82 valence electrons. The fourth-order valence-corrected chi connectivity index (χ4v) is 2.48. The first-order chi connectivity index (χ1) is 6.66. The van der Waals surface area contributed by atoms with Gasteiger partial charge in [0.15, 0.2) is 0 Å². The number of carbonyl (C=O) groups is 1. The molecular weight excluding hydrogens is 224 g/mol. The van der Waals surface area contributed by atoms with Crippen LogP contribution in [0.3, 0.4) is 0 Å². The fourth-order valence-electron chi connectivity index (χ4n) is 0.592. The standard InChI is InChI=1S/C8H14O4S2/c1-7(12-11)6-14-5-4-13-3-2-8(9)10/h11H,1-6H2,(H,9,10). The van der Waals surface area contributed by atoms with Gasteiger partial charge in [-0.15, -0.1) is 0 Å². The summed E-state index contributed by atoms with van der Waals surface area (Å²) in [7, 11) is 0. The topological polar surface area (TPSA) is 66.8 Å². The SMILES string of the molecule is C=C(CSCCSCCC(=O)O)OO. The monoisotopic (exact) mass is 238 g/mol. The number of rotatable bonds is 9. The summed E-state index contributed by atoms with van der Waals surface area (Å²) in [5, 5.41) is 16.5. The molecule has 0 radical (unpaired) electrons. The summed E-state index contributed by atoms with van der Waals surface area (Å²) in [6.07, 6.45) is 0.210. The summed E-state index contributed by atoms with van der Waals surface area (Å²) in [5.74, 6) is 2.59. The molecule has 0 atom stereocenters. The van der Waals surface area contributed by atoms with Crippen LogP contribution in [0.1, 0.15) is 6.42 Å². The van der Waals surface area contributed by atoms with Crippen LogP contribution in [0.15, 0.2) is 12.3 Å². The van der Waals surface area contributed by atoms with Gasteiger partial charge in [-0.3, -0.25) is 4.79 Å². The van der Waals surface area contributed by atoms with Crippen molar-refractivity contribution >= 4 is 29.5 Å². The number of carboxylic acid groups (broad SMARTS) is 1. The zero-order chi connectivity index (χ0) is 10.8. The lowest BCUT2D eigenvalue weighted by atomic mass is 10.5. The van der Waals surface area contributed by atoms with E-state index >= 15 is 0 Å². The molecule has 0 aromatic rings. The summed E-state index contributed by atoms with van der Waals surface area (Å²) in [5.41, 5.74) is 0. The van der Waals surface area contributed by atoms with Gasteiger partial charge in [-0.05, 0) is 0 Å². The summed E-state index contributed by atoms with van der Waals surface area (Å²) in [6.45, 7) is 3.45. The van der Waals surface area contributed by atoms with Crippen molar-refractivity contribution in [2.75, 3.05) is 23.0 Å². The van der Waals surface area contributed by atoms with Crippen molar-refractivity contribution in [3.63, 3.8) is 0 Å². The molecule has 0 heterocycles. The molecule has 0 amide bonds. The molecule has 0 aromatic carbocycles. The van der Waals surface area contributed by atoms with E-state index in [9.17, 15) is 4.79 Å². The van der Waals surface area contributed by atoms with Crippen LogP contribution < -0.4 is 0 Å². The average Bonchev–Trinajstić information content (AvgIpc) is 2.15. The molecule has 2 N–H and O–H groups in total. The third-order valence-electron chi connectivity index (χ3n) is 1.22. The van der Waals surface area contributed by atoms with Crippen molar-refractivity contribution in [2.24, 2.45) is 0 Å². The Kier molecular flexibility index (Phi) is 9.02. The Balaban J connectivity index is 3.06. The number of hydrogen-bond donors (Lipinski definition) is 2. The zero-order valence-corrected chi connectivity index (χ0v) is 9.40. The lowest BCUT2D eigenvalue weighted by Crippen LogP contribution is -1.97. The van der Waals surface area contributed by atoms with Crippen LogP contribution >= 0.6 is 23.5 Å². The van der Waals surface area contributed by atoms with Crippen molar-refractivity contribution in [3.8, 4) is 0 Å². The first kappa shape index (κ1) is 13.7. The second kappa shape index (κ2) is 9.23. The maximum absolute atomic E-state index is 10.1. The van der Waals surface area contributed by atoms with Crippen molar-refractivity contribution in [1.82, 2.24) is 0 Å². The van der Waals surface area contributed by atoms with Crippen LogP contribution in [0, 0.1) is 0 Å². The van der Waals surface area contributed by atoms with Gasteiger partial charge in [-0.2, -0.15) is 23.5 Å². The molecule has 0 rings (SSSR count). The average molecular weight is 238 g/mol. The number of carboxylic acids is 1. The van der Waals surface area contributed by atoms with Crippen LogP contribution in [0.5, 0.6) is 0 Å². The van der Waals surface area contributed by atoms with Gasteiger partial charge in [-0.25, -0.2) is 5.26 Å². The van der Waals surface area contributed by atoms with Crippen LogP contribution in [-0.2, 0) is 9.68 Å². The molecule has 0 saturated heterocycles. The van der Waals surface area contributed by atoms with Gasteiger partial charge < -0.3 is 9.99 Å². The van der Waals surface area contributed by atoms with E-state index in [0.29, 0.717) is 17.3 Å². The molecule has 0 aliphatic rings. The predicted molar refractivity (Wildman–Crippen MR) is 59.8 cm³/mol. The van der Waals surface area contributed by atoms with Gasteiger partial charge in [0, 0.05) is 17.3 Å². The minimum atomic E-state index is -0.757. The lowest BCUT2D eigenvalue weighted by molar-refractivity contribution is -0.201. The van der Waals surface area contributed by atoms with Crippen LogP contribution in [-0.4, -0.2) is 39.3 Å². The fraction of sp³-hybridized carbons (Fsp3) is 0.625. The van der Waals surface area contributed by atoms with E-state index < -0.39 is 5.97 Å². The molecule has 14 heavy (non-hydrogen) atoms. The van der Waals surface area contributed by atoms with Gasteiger partial charge in [0.25, 0.3) is 0 Å². The van der Waals surface area contributed by atoms with Crippen LogP contribution in [0.25, 0.3) is 0 Å². The molecule has 0 fully saturated rings. The van der Waals surface area contributed by atoms with Crippen LogP contribution in [0.4, 0.5) is 0 Å². The lowest BCUT2D eigenvalue weighted by Gasteiger charge is -2.01. The quantitative estimate of drug-likeness (QED) is 0.277. The first-order valence-corrected chi connectivity index (χ1v) is 6.34. The number of hydrogen-bond acceptors (Lipinski definition) is 5. The summed E-state index contributed by atoms with van der Waals surface area (Å²) < 4.78 is 0. The third-order valence-corrected chi connectivity index (χ3v) is 3.49. The van der Waals surface area contributed by atoms with E-state index in [2.05, 4.69) is 11.5 Å². The molecule has 0 aliphatic heterocycles. The van der Waals surface area contributed by atoms with E-state index in [1.807, 2.05) is 0 Å². The maximum Gasteiger partial charge on any atom is 0.304 e. The maximum atomic E-state index is 10.1. The van der Waals surface area contributed by atoms with E-state index in [0.717, 1.165) is 11.5 Å². The first-order valence-electron chi connectivity index (χ1n) is 4.03. The summed E-state index contributed by atoms with van der Waals surface area (Å²) in [6, 6.07) is 0. The second-order valence-corrected chi connectivity index (χ2v) is 4.77. The third kappa shape index (κ3) is 9.76. The number of aliphatic carboxylic acids is 1. The van der Waals surface area contributed by atoms with Gasteiger partial charge in [0.2, 0.25) is 0 Å². The zero-order valence-electron chi connectivity index (χ0n) is 7.77. The van der Waals surface area contributed by atoms with E-state index in [1.165, 1.54) is 0 Å². The normalized spacial score (nSPS) is 9.79. The number of thioether (sulfide) groups is 2. The van der Waals surface area contributed by atoms with E-state index in [-0.39, 0.29) is 6.42 Å². The molecule has 0 unspecified atom stereocenters. The molecule has 6 heteroatoms. The Labute approximate surface area is 91.6 Å². The molecule has 0 saturated carbocycles. The highest BCUT2D eigenvalue weighted by molar-refractivity contribution is 8.03.